The summed E-state index contributed by atoms with van der Waals surface area (Å²) in [5.41, 5.74) is 12.2. The van der Waals surface area contributed by atoms with Crippen molar-refractivity contribution >= 4 is 95.1 Å². The van der Waals surface area contributed by atoms with Crippen molar-refractivity contribution in [3.05, 3.63) is 206 Å². The van der Waals surface area contributed by atoms with Gasteiger partial charge in [0.2, 0.25) is 0 Å². The predicted octanol–water partition coefficient (Wildman–Crippen LogP) is 14.2. The first-order valence-corrected chi connectivity index (χ1v) is 23.6. The smallest absolute Gasteiger partial charge is 0.113 e. The molecule has 0 atom stereocenters. The maximum Gasteiger partial charge on any atom is 0.113 e. The normalized spacial score (nSPS) is 13.1. The minimum atomic E-state index is -1.95. The average Bonchev–Trinajstić information content (AvgIpc) is 3.75. The molecule has 0 spiro atoms. The highest BCUT2D eigenvalue weighted by atomic mass is 28.3. The minimum Gasteiger partial charge on any atom is -0.310 e. The average molecular weight is 769 g/mol. The number of rotatable bonds is 4. The second kappa shape index (κ2) is 12.9. The molecule has 11 aromatic rings. The number of anilines is 3. The number of aromatic nitrogens is 1. The largest absolute Gasteiger partial charge is 0.310 e. The van der Waals surface area contributed by atoms with Gasteiger partial charge in [0.05, 0.1) is 22.2 Å². The van der Waals surface area contributed by atoms with Gasteiger partial charge in [0.15, 0.2) is 0 Å². The van der Waals surface area contributed by atoms with Crippen LogP contribution in [0.1, 0.15) is 0 Å². The predicted molar refractivity (Wildman–Crippen MR) is 256 cm³/mol. The van der Waals surface area contributed by atoms with E-state index in [0.717, 1.165) is 11.4 Å². The lowest BCUT2D eigenvalue weighted by molar-refractivity contribution is 1.29. The van der Waals surface area contributed by atoms with Crippen molar-refractivity contribution in [2.45, 2.75) is 13.1 Å². The van der Waals surface area contributed by atoms with Gasteiger partial charge in [0.25, 0.3) is 0 Å². The third-order valence-corrected chi connectivity index (χ3v) is 16.5. The van der Waals surface area contributed by atoms with Crippen LogP contribution in [0.4, 0.5) is 17.1 Å². The topological polar surface area (TPSA) is 7.65 Å². The van der Waals surface area contributed by atoms with Crippen LogP contribution in [-0.2, 0) is 0 Å². The first-order valence-electron chi connectivity index (χ1n) is 20.6. The molecule has 0 amide bonds. The monoisotopic (exact) mass is 768 g/mol. The van der Waals surface area contributed by atoms with Crippen molar-refractivity contribution in [2.24, 2.45) is 0 Å². The molecule has 59 heavy (non-hydrogen) atoms. The van der Waals surface area contributed by atoms with Crippen molar-refractivity contribution in [1.29, 1.82) is 0 Å². The summed E-state index contributed by atoms with van der Waals surface area (Å²) in [7, 11) is -1.95. The molecule has 12 rings (SSSR count). The lowest BCUT2D eigenvalue weighted by Gasteiger charge is -2.29. The number of para-hydroxylation sites is 3. The third-order valence-electron chi connectivity index (χ3n) is 13.0. The molecule has 0 saturated carbocycles. The zero-order valence-electron chi connectivity index (χ0n) is 33.0. The van der Waals surface area contributed by atoms with E-state index in [9.17, 15) is 0 Å². The van der Waals surface area contributed by atoms with E-state index in [1.54, 1.807) is 0 Å². The molecule has 278 valence electrons. The summed E-state index contributed by atoms with van der Waals surface area (Å²) in [5, 5.41) is 12.9. The van der Waals surface area contributed by atoms with Crippen molar-refractivity contribution in [3.8, 4) is 22.3 Å². The molecule has 3 heteroatoms. The Labute approximate surface area is 344 Å². The lowest BCUT2D eigenvalue weighted by atomic mass is 10.00. The minimum absolute atomic E-state index is 1.13. The molecule has 2 nitrogen and oxygen atoms in total. The van der Waals surface area contributed by atoms with Gasteiger partial charge >= 0.3 is 0 Å². The van der Waals surface area contributed by atoms with Gasteiger partial charge in [0, 0.05) is 38.5 Å². The summed E-state index contributed by atoms with van der Waals surface area (Å²) in [6.07, 6.45) is 0. The van der Waals surface area contributed by atoms with Gasteiger partial charge in [-0.05, 0) is 91.1 Å². The summed E-state index contributed by atoms with van der Waals surface area (Å²) in [4.78, 5) is 2.51. The van der Waals surface area contributed by atoms with E-state index >= 15 is 0 Å². The summed E-state index contributed by atoms with van der Waals surface area (Å²) in [6.45, 7) is 5.01. The molecule has 0 aliphatic carbocycles. The van der Waals surface area contributed by atoms with E-state index < -0.39 is 8.07 Å². The van der Waals surface area contributed by atoms with Gasteiger partial charge < -0.3 is 9.30 Å². The molecule has 2 aromatic heterocycles. The molecule has 3 heterocycles. The van der Waals surface area contributed by atoms with Gasteiger partial charge in [0.1, 0.15) is 8.07 Å². The molecule has 1 aliphatic heterocycles. The van der Waals surface area contributed by atoms with E-state index in [0.29, 0.717) is 0 Å². The van der Waals surface area contributed by atoms with Gasteiger partial charge in [-0.25, -0.2) is 0 Å². The van der Waals surface area contributed by atoms with Crippen molar-refractivity contribution in [3.63, 3.8) is 0 Å². The van der Waals surface area contributed by atoms with Gasteiger partial charge in [-0.15, -0.1) is 0 Å². The fourth-order valence-corrected chi connectivity index (χ4v) is 13.3. The van der Waals surface area contributed by atoms with E-state index in [2.05, 4.69) is 229 Å². The van der Waals surface area contributed by atoms with Crippen molar-refractivity contribution in [1.82, 2.24) is 4.40 Å². The van der Waals surface area contributed by atoms with Crippen LogP contribution in [0.2, 0.25) is 13.1 Å². The first-order chi connectivity index (χ1) is 29.1. The number of nitrogens with zero attached hydrogens (tertiary/aromatic N) is 2. The van der Waals surface area contributed by atoms with Crippen LogP contribution in [0.5, 0.6) is 0 Å². The molecular weight excluding hydrogens is 729 g/mol. The number of hydrogen-bond donors (Lipinski definition) is 0. The number of benzene rings is 9. The van der Waals surface area contributed by atoms with E-state index in [1.165, 1.54) is 98.0 Å². The van der Waals surface area contributed by atoms with Crippen LogP contribution < -0.4 is 15.3 Å². The Balaban J connectivity index is 1.20. The zero-order chi connectivity index (χ0) is 39.2. The molecule has 0 radical (unpaired) electrons. The summed E-state index contributed by atoms with van der Waals surface area (Å²) in [5.74, 6) is 0. The summed E-state index contributed by atoms with van der Waals surface area (Å²) < 4.78 is 2.53. The standard InChI is InChI=1S/C56H40N2Si/c1-59(2)54-30-15-12-25-46(54)47-33-31-39(36-55(47)59)57(51-28-13-10-19-40(51)37-17-4-3-5-18-37)38-32-34-53-50(35-38)49-27-16-26-48-44-23-9-7-21-42(44)41-20-6-8-22-43(41)45-24-11-14-29-52(45)58(53)56(48)49/h3-36H,1-2H3. The van der Waals surface area contributed by atoms with Gasteiger partial charge in [-0.3, -0.25) is 0 Å². The van der Waals surface area contributed by atoms with Crippen LogP contribution in [0.25, 0.3) is 81.9 Å². The Bertz CT molecular complexity index is 3540. The van der Waals surface area contributed by atoms with Crippen molar-refractivity contribution in [2.75, 3.05) is 4.90 Å². The van der Waals surface area contributed by atoms with Crippen LogP contribution in [0.15, 0.2) is 206 Å². The molecule has 9 aromatic carbocycles. The maximum atomic E-state index is 2.53. The highest BCUT2D eigenvalue weighted by Gasteiger charge is 2.37. The molecule has 0 fully saturated rings. The van der Waals surface area contributed by atoms with E-state index in [4.69, 9.17) is 0 Å². The molecule has 0 saturated heterocycles. The Morgan fingerprint density at radius 2 is 0.864 bits per heavy atom. The lowest BCUT2D eigenvalue weighted by Crippen LogP contribution is -2.49. The fraction of sp³-hybridized carbons (Fsp3) is 0.0357. The van der Waals surface area contributed by atoms with Crippen LogP contribution in [0, 0.1) is 0 Å². The van der Waals surface area contributed by atoms with Crippen LogP contribution >= 0.6 is 0 Å². The van der Waals surface area contributed by atoms with Crippen molar-refractivity contribution < 1.29 is 0 Å². The second-order valence-electron chi connectivity index (χ2n) is 16.5. The van der Waals surface area contributed by atoms with E-state index in [1.807, 2.05) is 0 Å². The Kier molecular flexibility index (Phi) is 7.41. The quantitative estimate of drug-likeness (QED) is 0.162. The highest BCUT2D eigenvalue weighted by Crippen LogP contribution is 2.45. The third kappa shape index (κ3) is 4.98. The summed E-state index contributed by atoms with van der Waals surface area (Å²) >= 11 is 0. The molecule has 0 bridgehead atoms. The Hall–Kier alpha value is -7.20. The fourth-order valence-electron chi connectivity index (χ4n) is 10.3. The molecule has 0 unspecified atom stereocenters. The van der Waals surface area contributed by atoms with Crippen LogP contribution in [0.3, 0.4) is 0 Å². The zero-order valence-corrected chi connectivity index (χ0v) is 34.0. The Morgan fingerprint density at radius 1 is 0.356 bits per heavy atom. The number of hydrogen-bond acceptors (Lipinski definition) is 1. The van der Waals surface area contributed by atoms with E-state index in [-0.39, 0.29) is 0 Å². The second-order valence-corrected chi connectivity index (χ2v) is 20.8. The first kappa shape index (κ1) is 33.9. The molecule has 1 aliphatic rings. The molecule has 0 N–H and O–H groups in total. The van der Waals surface area contributed by atoms with Crippen LogP contribution in [-0.4, -0.2) is 12.5 Å². The number of fused-ring (bicyclic) bond motifs is 13. The SMILES string of the molecule is C[Si]1(C)c2ccccc2-c2ccc(N(c3ccc4c(c3)c3cccc5c6ccccc6c6ccccc6c6ccccc6n4c53)c3ccccc3-c3ccccc3)cc21. The summed E-state index contributed by atoms with van der Waals surface area (Å²) in [6, 6.07) is 76.8. The highest BCUT2D eigenvalue weighted by molar-refractivity contribution is 7.03. The maximum absolute atomic E-state index is 2.53. The Morgan fingerprint density at radius 3 is 1.63 bits per heavy atom. The van der Waals surface area contributed by atoms with Gasteiger partial charge in [-0.1, -0.05) is 177 Å². The van der Waals surface area contributed by atoms with Gasteiger partial charge in [-0.2, -0.15) is 0 Å². The molecular formula is C56H40N2Si.